The molecule has 124 valence electrons. The first kappa shape index (κ1) is 15.1. The van der Waals surface area contributed by atoms with E-state index in [9.17, 15) is 4.79 Å². The van der Waals surface area contributed by atoms with Gasteiger partial charge in [0.1, 0.15) is 11.0 Å². The minimum absolute atomic E-state index is 0.238. The first-order valence-corrected chi connectivity index (χ1v) is 7.85. The van der Waals surface area contributed by atoms with Crippen LogP contribution in [0.1, 0.15) is 21.5 Å². The number of carbonyl (C=O) groups excluding carboxylic acids is 1. The van der Waals surface area contributed by atoms with E-state index in [1.54, 1.807) is 17.1 Å². The van der Waals surface area contributed by atoms with Crippen LogP contribution < -0.4 is 5.32 Å². The van der Waals surface area contributed by atoms with Gasteiger partial charge in [0.15, 0.2) is 0 Å². The third kappa shape index (κ3) is 2.65. The summed E-state index contributed by atoms with van der Waals surface area (Å²) in [7, 11) is 0. The number of amides is 1. The maximum absolute atomic E-state index is 12.6. The number of aromatic nitrogens is 5. The van der Waals surface area contributed by atoms with Gasteiger partial charge in [0, 0.05) is 6.20 Å². The zero-order valence-corrected chi connectivity index (χ0v) is 13.8. The number of hydrogen-bond acceptors (Lipinski definition) is 4. The second kappa shape index (κ2) is 5.86. The smallest absolute Gasteiger partial charge is 0.258 e. The molecule has 0 spiro atoms. The number of nitrogens with one attached hydrogen (secondary N) is 2. The highest BCUT2D eigenvalue weighted by atomic mass is 16.1. The summed E-state index contributed by atoms with van der Waals surface area (Å²) < 4.78 is 1.70. The van der Waals surface area contributed by atoms with Gasteiger partial charge >= 0.3 is 0 Å². The van der Waals surface area contributed by atoms with E-state index in [-0.39, 0.29) is 5.91 Å². The number of aromatic amines is 1. The van der Waals surface area contributed by atoms with Crippen molar-refractivity contribution in [3.63, 3.8) is 0 Å². The standard InChI is InChI=1S/C18H16N6O/c1-11-5-3-4-6-15(11)24-10-13(9-19-24)18(25)20-16-12(2)7-8-14-17(16)22-23-21-14/h3-10H,1-2H3,(H,20,25)(H,21,22,23). The van der Waals surface area contributed by atoms with E-state index in [1.807, 2.05) is 50.2 Å². The summed E-state index contributed by atoms with van der Waals surface area (Å²) in [6.45, 7) is 3.92. The molecule has 0 aliphatic heterocycles. The molecule has 0 aliphatic rings. The predicted molar refractivity (Wildman–Crippen MR) is 94.9 cm³/mol. The van der Waals surface area contributed by atoms with E-state index in [0.717, 1.165) is 16.8 Å². The van der Waals surface area contributed by atoms with Crippen molar-refractivity contribution in [1.29, 1.82) is 0 Å². The van der Waals surface area contributed by atoms with Gasteiger partial charge in [-0.3, -0.25) is 4.79 Å². The Morgan fingerprint density at radius 1 is 1.08 bits per heavy atom. The lowest BCUT2D eigenvalue weighted by molar-refractivity contribution is 0.102. The van der Waals surface area contributed by atoms with Gasteiger partial charge in [0.2, 0.25) is 0 Å². The maximum Gasteiger partial charge on any atom is 0.258 e. The number of anilines is 1. The van der Waals surface area contributed by atoms with Crippen molar-refractivity contribution in [2.45, 2.75) is 13.8 Å². The summed E-state index contributed by atoms with van der Waals surface area (Å²) in [5, 5.41) is 18.0. The average Bonchev–Trinajstić information content (AvgIpc) is 3.27. The van der Waals surface area contributed by atoms with Crippen LogP contribution in [-0.2, 0) is 0 Å². The fourth-order valence-electron chi connectivity index (χ4n) is 2.75. The van der Waals surface area contributed by atoms with Gasteiger partial charge in [-0.25, -0.2) is 4.68 Å². The molecule has 2 heterocycles. The Hall–Kier alpha value is -3.48. The van der Waals surface area contributed by atoms with E-state index >= 15 is 0 Å². The van der Waals surface area contributed by atoms with Crippen molar-refractivity contribution in [3.8, 4) is 5.69 Å². The Morgan fingerprint density at radius 3 is 2.76 bits per heavy atom. The highest BCUT2D eigenvalue weighted by molar-refractivity contribution is 6.08. The fourth-order valence-corrected chi connectivity index (χ4v) is 2.75. The van der Waals surface area contributed by atoms with Crippen LogP contribution in [0.25, 0.3) is 16.7 Å². The van der Waals surface area contributed by atoms with Crippen molar-refractivity contribution in [1.82, 2.24) is 25.2 Å². The Morgan fingerprint density at radius 2 is 1.92 bits per heavy atom. The monoisotopic (exact) mass is 332 g/mol. The molecule has 0 atom stereocenters. The average molecular weight is 332 g/mol. The molecule has 0 saturated heterocycles. The van der Waals surface area contributed by atoms with Gasteiger partial charge in [-0.1, -0.05) is 24.3 Å². The molecule has 25 heavy (non-hydrogen) atoms. The first-order valence-electron chi connectivity index (χ1n) is 7.85. The van der Waals surface area contributed by atoms with E-state index in [0.29, 0.717) is 22.3 Å². The summed E-state index contributed by atoms with van der Waals surface area (Å²) >= 11 is 0. The van der Waals surface area contributed by atoms with E-state index in [4.69, 9.17) is 0 Å². The number of benzene rings is 2. The molecule has 4 rings (SSSR count). The van der Waals surface area contributed by atoms with Crippen molar-refractivity contribution in [3.05, 3.63) is 65.5 Å². The van der Waals surface area contributed by atoms with Gasteiger partial charge in [-0.05, 0) is 37.1 Å². The molecule has 7 nitrogen and oxygen atoms in total. The summed E-state index contributed by atoms with van der Waals surface area (Å²) in [6, 6.07) is 11.6. The molecular weight excluding hydrogens is 316 g/mol. The Bertz CT molecular complexity index is 1080. The van der Waals surface area contributed by atoms with Crippen LogP contribution in [0.3, 0.4) is 0 Å². The molecule has 0 saturated carbocycles. The van der Waals surface area contributed by atoms with Crippen LogP contribution in [-0.4, -0.2) is 31.1 Å². The number of H-pyrrole nitrogens is 1. The van der Waals surface area contributed by atoms with Crippen LogP contribution in [0.5, 0.6) is 0 Å². The molecule has 4 aromatic rings. The van der Waals surface area contributed by atoms with Crippen molar-refractivity contribution in [2.75, 3.05) is 5.32 Å². The van der Waals surface area contributed by atoms with Crippen molar-refractivity contribution < 1.29 is 4.79 Å². The highest BCUT2D eigenvalue weighted by Crippen LogP contribution is 2.24. The number of para-hydroxylation sites is 1. The molecule has 0 aliphatic carbocycles. The van der Waals surface area contributed by atoms with Crippen molar-refractivity contribution >= 4 is 22.6 Å². The van der Waals surface area contributed by atoms with Crippen LogP contribution in [0, 0.1) is 13.8 Å². The molecule has 0 radical (unpaired) electrons. The van der Waals surface area contributed by atoms with Crippen LogP contribution in [0.4, 0.5) is 5.69 Å². The molecule has 0 unspecified atom stereocenters. The summed E-state index contributed by atoms with van der Waals surface area (Å²) in [4.78, 5) is 12.6. The molecule has 2 N–H and O–H groups in total. The third-order valence-electron chi connectivity index (χ3n) is 4.14. The first-order chi connectivity index (χ1) is 12.1. The number of hydrogen-bond donors (Lipinski definition) is 2. The lowest BCUT2D eigenvalue weighted by Crippen LogP contribution is -2.12. The number of nitrogens with zero attached hydrogens (tertiary/aromatic N) is 4. The van der Waals surface area contributed by atoms with E-state index < -0.39 is 0 Å². The van der Waals surface area contributed by atoms with Crippen LogP contribution >= 0.6 is 0 Å². The summed E-state index contributed by atoms with van der Waals surface area (Å²) in [5.74, 6) is -0.238. The number of aryl methyl sites for hydroxylation is 2. The molecule has 1 amide bonds. The third-order valence-corrected chi connectivity index (χ3v) is 4.14. The quantitative estimate of drug-likeness (QED) is 0.603. The van der Waals surface area contributed by atoms with E-state index in [2.05, 4.69) is 25.8 Å². The SMILES string of the molecule is Cc1ccccc1-n1cc(C(=O)Nc2c(C)ccc3n[nH]nc23)cn1. The lowest BCUT2D eigenvalue weighted by atomic mass is 10.1. The predicted octanol–water partition coefficient (Wildman–Crippen LogP) is 3.01. The molecule has 2 aromatic heterocycles. The lowest BCUT2D eigenvalue weighted by Gasteiger charge is -2.07. The number of carbonyl (C=O) groups is 1. The fraction of sp³-hybridized carbons (Fsp3) is 0.111. The summed E-state index contributed by atoms with van der Waals surface area (Å²) in [5.41, 5.74) is 5.41. The largest absolute Gasteiger partial charge is 0.320 e. The Kier molecular flexibility index (Phi) is 3.53. The van der Waals surface area contributed by atoms with Gasteiger partial charge in [0.05, 0.1) is 23.1 Å². The van der Waals surface area contributed by atoms with Gasteiger partial charge in [0.25, 0.3) is 5.91 Å². The maximum atomic E-state index is 12.6. The second-order valence-electron chi connectivity index (χ2n) is 5.86. The van der Waals surface area contributed by atoms with E-state index in [1.165, 1.54) is 0 Å². The minimum atomic E-state index is -0.238. The zero-order valence-electron chi connectivity index (χ0n) is 13.8. The second-order valence-corrected chi connectivity index (χ2v) is 5.86. The van der Waals surface area contributed by atoms with Gasteiger partial charge < -0.3 is 5.32 Å². The van der Waals surface area contributed by atoms with Crippen LogP contribution in [0.15, 0.2) is 48.8 Å². The summed E-state index contributed by atoms with van der Waals surface area (Å²) in [6.07, 6.45) is 3.27. The Balaban J connectivity index is 1.65. The number of fused-ring (bicyclic) bond motifs is 1. The van der Waals surface area contributed by atoms with Crippen molar-refractivity contribution in [2.24, 2.45) is 0 Å². The van der Waals surface area contributed by atoms with Gasteiger partial charge in [-0.2, -0.15) is 20.5 Å². The molecule has 2 aromatic carbocycles. The number of rotatable bonds is 3. The molecule has 0 fully saturated rings. The topological polar surface area (TPSA) is 88.5 Å². The normalized spacial score (nSPS) is 11.0. The minimum Gasteiger partial charge on any atom is -0.320 e. The van der Waals surface area contributed by atoms with Gasteiger partial charge in [-0.15, -0.1) is 0 Å². The van der Waals surface area contributed by atoms with Crippen LogP contribution in [0.2, 0.25) is 0 Å². The molecule has 7 heteroatoms. The zero-order chi connectivity index (χ0) is 17.4. The molecule has 0 bridgehead atoms. The molecular formula is C18H16N6O. The highest BCUT2D eigenvalue weighted by Gasteiger charge is 2.15. The Labute approximate surface area is 143 Å².